The summed E-state index contributed by atoms with van der Waals surface area (Å²) in [6, 6.07) is 4.88. The fourth-order valence-corrected chi connectivity index (χ4v) is 3.50. The molecule has 1 aromatic carbocycles. The first-order valence-electron chi connectivity index (χ1n) is 9.22. The number of aromatic nitrogens is 2. The average Bonchev–Trinajstić information content (AvgIpc) is 2.62. The number of anilines is 1. The van der Waals surface area contributed by atoms with Crippen molar-refractivity contribution in [3.05, 3.63) is 35.4 Å². The van der Waals surface area contributed by atoms with Gasteiger partial charge in [0.25, 0.3) is 0 Å². The topological polar surface area (TPSA) is 87.3 Å². The van der Waals surface area contributed by atoms with Crippen LogP contribution in [0.15, 0.2) is 24.3 Å². The highest BCUT2D eigenvalue weighted by Gasteiger charge is 2.31. The summed E-state index contributed by atoms with van der Waals surface area (Å²) in [5, 5.41) is 21.7. The van der Waals surface area contributed by atoms with Gasteiger partial charge in [-0.3, -0.25) is 0 Å². The van der Waals surface area contributed by atoms with Crippen LogP contribution in [0.2, 0.25) is 0 Å². The first-order chi connectivity index (χ1) is 13.3. The molecule has 160 valence electrons. The van der Waals surface area contributed by atoms with Gasteiger partial charge < -0.3 is 21.1 Å². The zero-order valence-electron chi connectivity index (χ0n) is 16.0. The van der Waals surface area contributed by atoms with Crippen LogP contribution in [0.1, 0.15) is 24.0 Å². The highest BCUT2D eigenvalue weighted by molar-refractivity contribution is 5.85. The molecule has 6 nitrogen and oxygen atoms in total. The number of aromatic hydroxyl groups is 1. The first kappa shape index (κ1) is 23.2. The molecule has 1 aliphatic rings. The van der Waals surface area contributed by atoms with Crippen LogP contribution in [0.5, 0.6) is 5.75 Å². The Morgan fingerprint density at radius 1 is 1.28 bits per heavy atom. The maximum absolute atomic E-state index is 12.8. The van der Waals surface area contributed by atoms with Gasteiger partial charge in [0.15, 0.2) is 0 Å². The molecule has 1 saturated heterocycles. The molecule has 2 aromatic rings. The van der Waals surface area contributed by atoms with Crippen molar-refractivity contribution < 1.29 is 18.3 Å². The van der Waals surface area contributed by atoms with Gasteiger partial charge in [-0.1, -0.05) is 0 Å². The monoisotopic (exact) mass is 431 g/mol. The lowest BCUT2D eigenvalue weighted by Gasteiger charge is -2.33. The number of alkyl halides is 3. The summed E-state index contributed by atoms with van der Waals surface area (Å²) in [5.41, 5.74) is 6.00. The van der Waals surface area contributed by atoms with E-state index in [1.165, 1.54) is 6.07 Å². The van der Waals surface area contributed by atoms with Crippen LogP contribution >= 0.6 is 12.4 Å². The Morgan fingerprint density at radius 2 is 2.03 bits per heavy atom. The minimum Gasteiger partial charge on any atom is -0.507 e. The molecule has 3 rings (SSSR count). The van der Waals surface area contributed by atoms with E-state index in [1.807, 2.05) is 0 Å². The highest BCUT2D eigenvalue weighted by atomic mass is 35.5. The van der Waals surface area contributed by atoms with Crippen LogP contribution in [0, 0.1) is 6.92 Å². The van der Waals surface area contributed by atoms with Crippen molar-refractivity contribution in [3.8, 4) is 17.0 Å². The van der Waals surface area contributed by atoms with Gasteiger partial charge in [0.2, 0.25) is 0 Å². The van der Waals surface area contributed by atoms with Gasteiger partial charge in [0, 0.05) is 31.2 Å². The molecular weight excluding hydrogens is 407 g/mol. The van der Waals surface area contributed by atoms with E-state index in [0.29, 0.717) is 29.7 Å². The lowest BCUT2D eigenvalue weighted by molar-refractivity contribution is -0.137. The summed E-state index contributed by atoms with van der Waals surface area (Å²) >= 11 is 0. The largest absolute Gasteiger partial charge is 0.507 e. The third-order valence-corrected chi connectivity index (χ3v) is 4.87. The molecule has 0 radical (unpaired) electrons. The smallest absolute Gasteiger partial charge is 0.416 e. The number of nitrogens with two attached hydrogens (primary N) is 1. The molecule has 0 bridgehead atoms. The molecule has 0 aliphatic carbocycles. The summed E-state index contributed by atoms with van der Waals surface area (Å²) in [7, 11) is 0. The number of rotatable bonds is 5. The standard InChI is InChI=1S/C19H24F3N5O.ClH/c1-12-9-17(24-14-3-2-7-27(11-14)8-6-23)25-26-18(12)15-5-4-13(10-16(15)28)19(20,21)22;/h4-5,9-10,14,28H,2-3,6-8,11,23H2,1H3,(H,24,25);1H/t14-;/m1./s1. The molecule has 0 unspecified atom stereocenters. The number of benzene rings is 1. The normalized spacial score (nSPS) is 17.6. The Labute approximate surface area is 173 Å². The van der Waals surface area contributed by atoms with E-state index in [0.717, 1.165) is 38.5 Å². The van der Waals surface area contributed by atoms with Crippen molar-refractivity contribution in [2.45, 2.75) is 32.0 Å². The number of hydrogen-bond acceptors (Lipinski definition) is 6. The lowest BCUT2D eigenvalue weighted by Crippen LogP contribution is -2.44. The van der Waals surface area contributed by atoms with Crippen LogP contribution < -0.4 is 11.1 Å². The van der Waals surface area contributed by atoms with Crippen LogP contribution in [0.4, 0.5) is 19.0 Å². The Kier molecular flexibility index (Phi) is 7.67. The number of likely N-dealkylation sites (tertiary alicyclic amines) is 1. The van der Waals surface area contributed by atoms with E-state index in [1.54, 1.807) is 13.0 Å². The van der Waals surface area contributed by atoms with Gasteiger partial charge in [-0.15, -0.1) is 22.6 Å². The predicted molar refractivity (Wildman–Crippen MR) is 108 cm³/mol. The van der Waals surface area contributed by atoms with E-state index in [9.17, 15) is 18.3 Å². The van der Waals surface area contributed by atoms with Crippen LogP contribution in [0.25, 0.3) is 11.3 Å². The Morgan fingerprint density at radius 3 is 2.66 bits per heavy atom. The third-order valence-electron chi connectivity index (χ3n) is 4.87. The minimum absolute atomic E-state index is 0. The number of phenolic OH excluding ortho intramolecular Hbond substituents is 1. The van der Waals surface area contributed by atoms with Gasteiger partial charge in [-0.2, -0.15) is 13.2 Å². The summed E-state index contributed by atoms with van der Waals surface area (Å²) in [4.78, 5) is 2.30. The number of aryl methyl sites for hydroxylation is 1. The van der Waals surface area contributed by atoms with E-state index >= 15 is 0 Å². The maximum Gasteiger partial charge on any atom is 0.416 e. The second-order valence-corrected chi connectivity index (χ2v) is 7.06. The first-order valence-corrected chi connectivity index (χ1v) is 9.22. The van der Waals surface area contributed by atoms with Crippen LogP contribution in [0.3, 0.4) is 0 Å². The molecule has 0 amide bonds. The number of phenols is 1. The van der Waals surface area contributed by atoms with Crippen LogP contribution in [-0.4, -0.2) is 52.4 Å². The molecule has 0 saturated carbocycles. The number of hydrogen-bond donors (Lipinski definition) is 3. The number of piperidine rings is 1. The molecule has 2 heterocycles. The number of nitrogens with zero attached hydrogens (tertiary/aromatic N) is 3. The summed E-state index contributed by atoms with van der Waals surface area (Å²) in [6.07, 6.45) is -2.42. The molecular formula is C19H25ClF3N5O. The van der Waals surface area contributed by atoms with Gasteiger partial charge in [0.1, 0.15) is 11.6 Å². The second kappa shape index (κ2) is 9.60. The summed E-state index contributed by atoms with van der Waals surface area (Å²) < 4.78 is 38.3. The van der Waals surface area contributed by atoms with Gasteiger partial charge in [-0.05, 0) is 56.1 Å². The van der Waals surface area contributed by atoms with Gasteiger partial charge in [-0.25, -0.2) is 0 Å². The Hall–Kier alpha value is -2.10. The van der Waals surface area contributed by atoms with Crippen molar-refractivity contribution >= 4 is 18.2 Å². The molecule has 1 aromatic heterocycles. The summed E-state index contributed by atoms with van der Waals surface area (Å²) in [6.45, 7) is 5.17. The maximum atomic E-state index is 12.8. The molecule has 0 spiro atoms. The molecule has 10 heteroatoms. The van der Waals surface area contributed by atoms with Gasteiger partial charge >= 0.3 is 6.18 Å². The van der Waals surface area contributed by atoms with Crippen molar-refractivity contribution in [1.29, 1.82) is 0 Å². The Balaban J connectivity index is 0.00000300. The Bertz CT molecular complexity index is 832. The van der Waals surface area contributed by atoms with E-state index in [2.05, 4.69) is 20.4 Å². The van der Waals surface area contributed by atoms with Crippen molar-refractivity contribution in [2.75, 3.05) is 31.5 Å². The van der Waals surface area contributed by atoms with Crippen molar-refractivity contribution in [2.24, 2.45) is 5.73 Å². The highest BCUT2D eigenvalue weighted by Crippen LogP contribution is 2.36. The van der Waals surface area contributed by atoms with E-state index in [4.69, 9.17) is 5.73 Å². The summed E-state index contributed by atoms with van der Waals surface area (Å²) in [5.74, 6) is 0.130. The molecule has 1 aliphatic heterocycles. The molecule has 1 fully saturated rings. The minimum atomic E-state index is -4.51. The zero-order chi connectivity index (χ0) is 20.3. The quantitative estimate of drug-likeness (QED) is 0.672. The third kappa shape index (κ3) is 5.71. The molecule has 1 atom stereocenters. The van der Waals surface area contributed by atoms with Crippen molar-refractivity contribution in [3.63, 3.8) is 0 Å². The van der Waals surface area contributed by atoms with E-state index < -0.39 is 17.5 Å². The fraction of sp³-hybridized carbons (Fsp3) is 0.474. The van der Waals surface area contributed by atoms with Crippen LogP contribution in [-0.2, 0) is 6.18 Å². The SMILES string of the molecule is Cc1cc(N[C@@H]2CCCN(CCN)C2)nnc1-c1ccc(C(F)(F)F)cc1O.Cl. The van der Waals surface area contributed by atoms with E-state index in [-0.39, 0.29) is 24.0 Å². The zero-order valence-corrected chi connectivity index (χ0v) is 16.9. The lowest BCUT2D eigenvalue weighted by atomic mass is 10.0. The second-order valence-electron chi connectivity index (χ2n) is 7.06. The molecule has 29 heavy (non-hydrogen) atoms. The fourth-order valence-electron chi connectivity index (χ4n) is 3.50. The van der Waals surface area contributed by atoms with Gasteiger partial charge in [0.05, 0.1) is 11.3 Å². The average molecular weight is 432 g/mol. The van der Waals surface area contributed by atoms with Crippen molar-refractivity contribution in [1.82, 2.24) is 15.1 Å². The number of nitrogens with one attached hydrogen (secondary N) is 1. The molecule has 4 N–H and O–H groups in total. The number of halogens is 4. The predicted octanol–water partition coefficient (Wildman–Crippen LogP) is 3.43.